The molecule has 0 atom stereocenters. The van der Waals surface area contributed by atoms with Crippen LogP contribution in [-0.2, 0) is 0 Å². The molecule has 0 aromatic heterocycles. The van der Waals surface area contributed by atoms with Crippen molar-refractivity contribution in [2.24, 2.45) is 0 Å². The van der Waals surface area contributed by atoms with Gasteiger partial charge in [0, 0.05) is 0 Å². The van der Waals surface area contributed by atoms with Crippen molar-refractivity contribution in [3.05, 3.63) is 24.3 Å². The van der Waals surface area contributed by atoms with E-state index in [1.54, 1.807) is 0 Å². The van der Waals surface area contributed by atoms with Crippen molar-refractivity contribution in [2.75, 3.05) is 0 Å². The van der Waals surface area contributed by atoms with Gasteiger partial charge in [-0.25, -0.2) is 0 Å². The van der Waals surface area contributed by atoms with E-state index in [0.29, 0.717) is 0 Å². The quantitative estimate of drug-likeness (QED) is 0.214. The van der Waals surface area contributed by atoms with Gasteiger partial charge in [0.2, 0.25) is 0 Å². The van der Waals surface area contributed by atoms with E-state index in [9.17, 15) is 0 Å². The van der Waals surface area contributed by atoms with Crippen LogP contribution in [0.4, 0.5) is 0 Å². The first-order chi connectivity index (χ1) is 9.91. The zero-order valence-electron chi connectivity index (χ0n) is 14.2. The van der Waals surface area contributed by atoms with Crippen LogP contribution in [-0.4, -0.2) is 0 Å². The zero-order valence-corrected chi connectivity index (χ0v) is 14.2. The molecule has 0 heterocycles. The summed E-state index contributed by atoms with van der Waals surface area (Å²) >= 11 is 0. The van der Waals surface area contributed by atoms with Crippen molar-refractivity contribution in [1.29, 1.82) is 0 Å². The SMILES string of the molecule is CCCCCCCC=CCC=CCCCCCCCC. The van der Waals surface area contributed by atoms with E-state index in [4.69, 9.17) is 0 Å². The molecule has 0 aliphatic carbocycles. The van der Waals surface area contributed by atoms with Crippen LogP contribution < -0.4 is 0 Å². The fourth-order valence-corrected chi connectivity index (χ4v) is 2.41. The molecule has 0 N–H and O–H groups in total. The lowest BCUT2D eigenvalue weighted by Crippen LogP contribution is -1.77. The fraction of sp³-hybridized carbons (Fsp3) is 0.800. The highest BCUT2D eigenvalue weighted by atomic mass is 13.9. The van der Waals surface area contributed by atoms with Gasteiger partial charge in [-0.1, -0.05) is 95.9 Å². The monoisotopic (exact) mass is 278 g/mol. The summed E-state index contributed by atoms with van der Waals surface area (Å²) in [6, 6.07) is 0. The van der Waals surface area contributed by atoms with Crippen LogP contribution >= 0.6 is 0 Å². The smallest absolute Gasteiger partial charge is 0.0169 e. The molecule has 0 aliphatic heterocycles. The minimum atomic E-state index is 1.13. The summed E-state index contributed by atoms with van der Waals surface area (Å²) in [5.41, 5.74) is 0. The molecule has 0 fully saturated rings. The molecule has 0 nitrogen and oxygen atoms in total. The first-order valence-corrected chi connectivity index (χ1v) is 9.21. The minimum Gasteiger partial charge on any atom is -0.0882 e. The first-order valence-electron chi connectivity index (χ1n) is 9.21. The van der Waals surface area contributed by atoms with E-state index in [-0.39, 0.29) is 0 Å². The van der Waals surface area contributed by atoms with E-state index in [2.05, 4.69) is 38.2 Å². The van der Waals surface area contributed by atoms with Crippen molar-refractivity contribution in [1.82, 2.24) is 0 Å². The normalized spacial score (nSPS) is 11.9. The summed E-state index contributed by atoms with van der Waals surface area (Å²) < 4.78 is 0. The summed E-state index contributed by atoms with van der Waals surface area (Å²) in [4.78, 5) is 0. The van der Waals surface area contributed by atoms with Crippen LogP contribution in [0, 0.1) is 0 Å². The van der Waals surface area contributed by atoms with E-state index in [1.165, 1.54) is 83.5 Å². The Bertz CT molecular complexity index is 212. The van der Waals surface area contributed by atoms with Crippen LogP contribution in [0.2, 0.25) is 0 Å². The van der Waals surface area contributed by atoms with Gasteiger partial charge in [0.15, 0.2) is 0 Å². The van der Waals surface area contributed by atoms with Crippen molar-refractivity contribution in [3.8, 4) is 0 Å². The van der Waals surface area contributed by atoms with Gasteiger partial charge >= 0.3 is 0 Å². The Morgan fingerprint density at radius 2 is 0.850 bits per heavy atom. The van der Waals surface area contributed by atoms with Crippen LogP contribution in [0.1, 0.15) is 104 Å². The number of allylic oxidation sites excluding steroid dienone is 4. The summed E-state index contributed by atoms with van der Waals surface area (Å²) in [6.45, 7) is 4.55. The molecule has 118 valence electrons. The number of unbranched alkanes of at least 4 members (excludes halogenated alkanes) is 11. The van der Waals surface area contributed by atoms with E-state index in [0.717, 1.165) is 6.42 Å². The van der Waals surface area contributed by atoms with Crippen molar-refractivity contribution >= 4 is 0 Å². The molecule has 0 aromatic carbocycles. The Kier molecular flexibility index (Phi) is 18.0. The van der Waals surface area contributed by atoms with Gasteiger partial charge in [-0.05, 0) is 32.1 Å². The standard InChI is InChI=1S/C20H38/c1-3-5-7-9-11-13-15-17-19-20-18-16-14-12-10-8-6-4-2/h15,17-18,20H,3-14,16,19H2,1-2H3. The van der Waals surface area contributed by atoms with Gasteiger partial charge in [-0.15, -0.1) is 0 Å². The summed E-state index contributed by atoms with van der Waals surface area (Å²) in [7, 11) is 0. The van der Waals surface area contributed by atoms with Crippen molar-refractivity contribution in [3.63, 3.8) is 0 Å². The van der Waals surface area contributed by atoms with Gasteiger partial charge in [-0.3, -0.25) is 0 Å². The molecule has 0 saturated carbocycles. The van der Waals surface area contributed by atoms with E-state index >= 15 is 0 Å². The minimum absolute atomic E-state index is 1.13. The fourth-order valence-electron chi connectivity index (χ4n) is 2.41. The third-order valence-corrected chi connectivity index (χ3v) is 3.80. The first kappa shape index (κ1) is 19.5. The third-order valence-electron chi connectivity index (χ3n) is 3.80. The summed E-state index contributed by atoms with van der Waals surface area (Å²) in [5, 5.41) is 0. The van der Waals surface area contributed by atoms with E-state index < -0.39 is 0 Å². The van der Waals surface area contributed by atoms with Crippen LogP contribution in [0.5, 0.6) is 0 Å². The molecule has 0 rings (SSSR count). The Balaban J connectivity index is 3.14. The maximum Gasteiger partial charge on any atom is -0.0169 e. The summed E-state index contributed by atoms with van der Waals surface area (Å²) in [6.07, 6.45) is 28.4. The van der Waals surface area contributed by atoms with Gasteiger partial charge in [0.05, 0.1) is 0 Å². The topological polar surface area (TPSA) is 0 Å². The van der Waals surface area contributed by atoms with E-state index in [1.807, 2.05) is 0 Å². The Labute approximate surface area is 128 Å². The third kappa shape index (κ3) is 17.5. The Hall–Kier alpha value is -0.520. The second-order valence-corrected chi connectivity index (χ2v) is 5.94. The van der Waals surface area contributed by atoms with Gasteiger partial charge < -0.3 is 0 Å². The molecular weight excluding hydrogens is 240 g/mol. The number of hydrogen-bond acceptors (Lipinski definition) is 0. The molecular formula is C20H38. The van der Waals surface area contributed by atoms with Crippen LogP contribution in [0.3, 0.4) is 0 Å². The lowest BCUT2D eigenvalue weighted by Gasteiger charge is -1.97. The second-order valence-electron chi connectivity index (χ2n) is 5.94. The maximum atomic E-state index is 2.37. The zero-order chi connectivity index (χ0) is 14.7. The van der Waals surface area contributed by atoms with Crippen LogP contribution in [0.15, 0.2) is 24.3 Å². The predicted octanol–water partition coefficient (Wildman–Crippen LogP) is 7.60. The Morgan fingerprint density at radius 1 is 0.450 bits per heavy atom. The highest BCUT2D eigenvalue weighted by Gasteiger charge is 1.88. The van der Waals surface area contributed by atoms with Gasteiger partial charge in [-0.2, -0.15) is 0 Å². The highest BCUT2D eigenvalue weighted by molar-refractivity contribution is 4.92. The predicted molar refractivity (Wildman–Crippen MR) is 94.3 cm³/mol. The summed E-state index contributed by atoms with van der Waals surface area (Å²) in [5.74, 6) is 0. The lowest BCUT2D eigenvalue weighted by atomic mass is 10.1. The van der Waals surface area contributed by atoms with Gasteiger partial charge in [0.25, 0.3) is 0 Å². The lowest BCUT2D eigenvalue weighted by molar-refractivity contribution is 0.611. The molecule has 20 heavy (non-hydrogen) atoms. The van der Waals surface area contributed by atoms with Crippen molar-refractivity contribution in [2.45, 2.75) is 104 Å². The Morgan fingerprint density at radius 3 is 1.30 bits per heavy atom. The molecule has 0 spiro atoms. The average Bonchev–Trinajstić information content (AvgIpc) is 2.47. The molecule has 0 aromatic rings. The second kappa shape index (κ2) is 18.5. The molecule has 0 bridgehead atoms. The number of rotatable bonds is 15. The molecule has 0 heteroatoms. The molecule has 0 radical (unpaired) electrons. The maximum absolute atomic E-state index is 2.37. The molecule has 0 amide bonds. The highest BCUT2D eigenvalue weighted by Crippen LogP contribution is 2.08. The average molecular weight is 279 g/mol. The van der Waals surface area contributed by atoms with Gasteiger partial charge in [0.1, 0.15) is 0 Å². The van der Waals surface area contributed by atoms with Crippen LogP contribution in [0.25, 0.3) is 0 Å². The van der Waals surface area contributed by atoms with Crippen molar-refractivity contribution < 1.29 is 0 Å². The molecule has 0 aliphatic rings. The largest absolute Gasteiger partial charge is 0.0882 e. The molecule has 0 unspecified atom stereocenters. The number of hydrogen-bond donors (Lipinski definition) is 0. The molecule has 0 saturated heterocycles.